The molecule has 0 saturated heterocycles. The highest BCUT2D eigenvalue weighted by Crippen LogP contribution is 2.10. The Bertz CT molecular complexity index is 460. The van der Waals surface area contributed by atoms with Crippen molar-refractivity contribution in [2.24, 2.45) is 4.99 Å². The predicted molar refractivity (Wildman–Crippen MR) is 94.6 cm³/mol. The Balaban J connectivity index is 0.00000361. The SMILES string of the molecule is CN=C(NCc1cccc(NC(C)=O)c1)NC(C)C.I. The zero-order chi connectivity index (χ0) is 14.3. The molecule has 0 aromatic heterocycles. The number of carbonyl (C=O) groups is 1. The van der Waals surface area contributed by atoms with Crippen LogP contribution in [0, 0.1) is 0 Å². The largest absolute Gasteiger partial charge is 0.354 e. The average Bonchev–Trinajstić information content (AvgIpc) is 2.33. The Morgan fingerprint density at radius 2 is 2.05 bits per heavy atom. The van der Waals surface area contributed by atoms with Crippen molar-refractivity contribution in [1.29, 1.82) is 0 Å². The molecule has 0 aliphatic carbocycles. The number of hydrogen-bond acceptors (Lipinski definition) is 2. The Morgan fingerprint density at radius 3 is 2.60 bits per heavy atom. The van der Waals surface area contributed by atoms with E-state index in [-0.39, 0.29) is 29.9 Å². The van der Waals surface area contributed by atoms with E-state index in [0.29, 0.717) is 12.6 Å². The fraction of sp³-hybridized carbons (Fsp3) is 0.429. The van der Waals surface area contributed by atoms with Gasteiger partial charge >= 0.3 is 0 Å². The van der Waals surface area contributed by atoms with Crippen molar-refractivity contribution in [3.63, 3.8) is 0 Å². The van der Waals surface area contributed by atoms with Crippen LogP contribution in [0.1, 0.15) is 26.3 Å². The lowest BCUT2D eigenvalue weighted by Gasteiger charge is -2.14. The number of rotatable bonds is 4. The highest BCUT2D eigenvalue weighted by molar-refractivity contribution is 14.0. The molecule has 0 fully saturated rings. The first-order chi connectivity index (χ1) is 9.01. The second-order valence-electron chi connectivity index (χ2n) is 4.61. The Kier molecular flexibility index (Phi) is 8.94. The van der Waals surface area contributed by atoms with Crippen molar-refractivity contribution < 1.29 is 4.79 Å². The summed E-state index contributed by atoms with van der Waals surface area (Å²) in [5, 5.41) is 9.21. The molecule has 5 nitrogen and oxygen atoms in total. The number of amides is 1. The topological polar surface area (TPSA) is 65.5 Å². The number of hydrogen-bond donors (Lipinski definition) is 3. The van der Waals surface area contributed by atoms with E-state index in [9.17, 15) is 4.79 Å². The summed E-state index contributed by atoms with van der Waals surface area (Å²) in [5.74, 6) is 0.697. The summed E-state index contributed by atoms with van der Waals surface area (Å²) in [5.41, 5.74) is 1.89. The van der Waals surface area contributed by atoms with Crippen LogP contribution in [0.4, 0.5) is 5.69 Å². The van der Waals surface area contributed by atoms with Crippen LogP contribution in [-0.4, -0.2) is 25.0 Å². The molecule has 0 saturated carbocycles. The predicted octanol–water partition coefficient (Wildman–Crippen LogP) is 2.34. The molecule has 1 aromatic carbocycles. The number of halogens is 1. The van der Waals surface area contributed by atoms with Gasteiger partial charge in [-0.1, -0.05) is 12.1 Å². The fourth-order valence-corrected chi connectivity index (χ4v) is 1.62. The standard InChI is InChI=1S/C14H22N4O.HI/c1-10(2)17-14(15-4)16-9-12-6-5-7-13(8-12)18-11(3)19;/h5-8,10H,9H2,1-4H3,(H,18,19)(H2,15,16,17);1H. The van der Waals surface area contributed by atoms with Gasteiger partial charge in [0.25, 0.3) is 0 Å². The zero-order valence-corrected chi connectivity index (χ0v) is 14.7. The van der Waals surface area contributed by atoms with Crippen LogP contribution < -0.4 is 16.0 Å². The first-order valence-electron chi connectivity index (χ1n) is 6.35. The molecule has 0 unspecified atom stereocenters. The summed E-state index contributed by atoms with van der Waals surface area (Å²) in [6, 6.07) is 8.06. The van der Waals surface area contributed by atoms with E-state index < -0.39 is 0 Å². The number of nitrogens with one attached hydrogen (secondary N) is 3. The van der Waals surface area contributed by atoms with E-state index in [2.05, 4.69) is 34.8 Å². The molecule has 0 spiro atoms. The van der Waals surface area contributed by atoms with Crippen LogP contribution in [0.3, 0.4) is 0 Å². The van der Waals surface area contributed by atoms with Crippen LogP contribution >= 0.6 is 24.0 Å². The minimum absolute atomic E-state index is 0. The maximum atomic E-state index is 11.0. The lowest BCUT2D eigenvalue weighted by molar-refractivity contribution is -0.114. The van der Waals surface area contributed by atoms with Crippen molar-refractivity contribution in [3.8, 4) is 0 Å². The smallest absolute Gasteiger partial charge is 0.221 e. The highest BCUT2D eigenvalue weighted by Gasteiger charge is 2.01. The number of anilines is 1. The molecule has 6 heteroatoms. The summed E-state index contributed by atoms with van der Waals surface area (Å²) in [6.07, 6.45) is 0. The van der Waals surface area contributed by atoms with Gasteiger partial charge in [-0.25, -0.2) is 0 Å². The van der Waals surface area contributed by atoms with E-state index in [4.69, 9.17) is 0 Å². The lowest BCUT2D eigenvalue weighted by atomic mass is 10.2. The van der Waals surface area contributed by atoms with Gasteiger partial charge in [-0.15, -0.1) is 24.0 Å². The van der Waals surface area contributed by atoms with Gasteiger partial charge in [-0.3, -0.25) is 9.79 Å². The van der Waals surface area contributed by atoms with Gasteiger partial charge in [-0.05, 0) is 31.5 Å². The number of benzene rings is 1. The molecule has 1 rings (SSSR count). The van der Waals surface area contributed by atoms with Gasteiger partial charge in [0.2, 0.25) is 5.91 Å². The molecular formula is C14H23IN4O. The monoisotopic (exact) mass is 390 g/mol. The van der Waals surface area contributed by atoms with Gasteiger partial charge in [0.1, 0.15) is 0 Å². The van der Waals surface area contributed by atoms with E-state index in [1.807, 2.05) is 24.3 Å². The number of carbonyl (C=O) groups excluding carboxylic acids is 1. The molecule has 0 heterocycles. The van der Waals surface area contributed by atoms with Crippen molar-refractivity contribution in [2.75, 3.05) is 12.4 Å². The van der Waals surface area contributed by atoms with Gasteiger partial charge in [0.05, 0.1) is 0 Å². The third kappa shape index (κ3) is 7.32. The zero-order valence-electron chi connectivity index (χ0n) is 12.4. The van der Waals surface area contributed by atoms with Gasteiger partial charge < -0.3 is 16.0 Å². The maximum Gasteiger partial charge on any atom is 0.221 e. The third-order valence-electron chi connectivity index (χ3n) is 2.36. The second kappa shape index (κ2) is 9.57. The van der Waals surface area contributed by atoms with E-state index in [0.717, 1.165) is 17.2 Å². The number of guanidine groups is 1. The minimum Gasteiger partial charge on any atom is -0.354 e. The number of nitrogens with zero attached hydrogens (tertiary/aromatic N) is 1. The Labute approximate surface area is 137 Å². The molecule has 3 N–H and O–H groups in total. The van der Waals surface area contributed by atoms with Crippen molar-refractivity contribution in [3.05, 3.63) is 29.8 Å². The molecule has 0 bridgehead atoms. The van der Waals surface area contributed by atoms with E-state index in [1.54, 1.807) is 7.05 Å². The Hall–Kier alpha value is -1.31. The average molecular weight is 390 g/mol. The molecule has 20 heavy (non-hydrogen) atoms. The molecule has 0 aliphatic heterocycles. The van der Waals surface area contributed by atoms with Crippen LogP contribution in [-0.2, 0) is 11.3 Å². The van der Waals surface area contributed by atoms with Gasteiger partial charge in [-0.2, -0.15) is 0 Å². The number of aliphatic imine (C=N–C) groups is 1. The van der Waals surface area contributed by atoms with Crippen molar-refractivity contribution in [1.82, 2.24) is 10.6 Å². The molecule has 1 amide bonds. The lowest BCUT2D eigenvalue weighted by Crippen LogP contribution is -2.40. The quantitative estimate of drug-likeness (QED) is 0.420. The van der Waals surface area contributed by atoms with E-state index in [1.165, 1.54) is 6.92 Å². The van der Waals surface area contributed by atoms with Gasteiger partial charge in [0, 0.05) is 32.2 Å². The second-order valence-corrected chi connectivity index (χ2v) is 4.61. The molecule has 0 atom stereocenters. The first kappa shape index (κ1) is 18.7. The molecule has 112 valence electrons. The first-order valence-corrected chi connectivity index (χ1v) is 6.35. The molecular weight excluding hydrogens is 367 g/mol. The summed E-state index contributed by atoms with van der Waals surface area (Å²) < 4.78 is 0. The summed E-state index contributed by atoms with van der Waals surface area (Å²) >= 11 is 0. The highest BCUT2D eigenvalue weighted by atomic mass is 127. The van der Waals surface area contributed by atoms with Crippen LogP contribution in [0.2, 0.25) is 0 Å². The fourth-order valence-electron chi connectivity index (χ4n) is 1.62. The van der Waals surface area contributed by atoms with Crippen LogP contribution in [0.25, 0.3) is 0 Å². The van der Waals surface area contributed by atoms with Crippen molar-refractivity contribution >= 4 is 41.5 Å². The van der Waals surface area contributed by atoms with Crippen LogP contribution in [0.15, 0.2) is 29.3 Å². The minimum atomic E-state index is -0.0672. The summed E-state index contributed by atoms with van der Waals surface area (Å²) in [6.45, 7) is 6.27. The van der Waals surface area contributed by atoms with Crippen molar-refractivity contribution in [2.45, 2.75) is 33.4 Å². The molecule has 0 radical (unpaired) electrons. The third-order valence-corrected chi connectivity index (χ3v) is 2.36. The molecule has 1 aromatic rings. The van der Waals surface area contributed by atoms with Crippen LogP contribution in [0.5, 0.6) is 0 Å². The molecule has 0 aliphatic rings. The normalized spacial score (nSPS) is 10.8. The van der Waals surface area contributed by atoms with E-state index >= 15 is 0 Å². The Morgan fingerprint density at radius 1 is 1.35 bits per heavy atom. The summed E-state index contributed by atoms with van der Waals surface area (Å²) in [4.78, 5) is 15.1. The maximum absolute atomic E-state index is 11.0. The van der Waals surface area contributed by atoms with Gasteiger partial charge in [0.15, 0.2) is 5.96 Å². The summed E-state index contributed by atoms with van der Waals surface area (Å²) in [7, 11) is 1.74.